The van der Waals surface area contributed by atoms with Crippen LogP contribution in [0.4, 0.5) is 5.69 Å². The Kier molecular flexibility index (Phi) is 11.1. The van der Waals surface area contributed by atoms with Crippen LogP contribution in [0.1, 0.15) is 35.3 Å². The van der Waals surface area contributed by atoms with E-state index >= 15 is 0 Å². The summed E-state index contributed by atoms with van der Waals surface area (Å²) in [5, 5.41) is 27.9. The van der Waals surface area contributed by atoms with Crippen molar-refractivity contribution in [1.29, 1.82) is 0 Å². The molecule has 252 valence electrons. The van der Waals surface area contributed by atoms with Crippen LogP contribution in [0.3, 0.4) is 0 Å². The number of rotatable bonds is 15. The number of thioether (sulfide) groups is 2. The molecule has 0 aliphatic heterocycles. The maximum absolute atomic E-state index is 12.4. The highest BCUT2D eigenvalue weighted by atomic mass is 32.2. The van der Waals surface area contributed by atoms with Crippen LogP contribution in [0.2, 0.25) is 0 Å². The minimum absolute atomic E-state index is 0.0648. The normalized spacial score (nSPS) is 11.6. The molecule has 0 atom stereocenters. The molecular formula is C40H40N2O5S2. The van der Waals surface area contributed by atoms with Gasteiger partial charge in [-0.2, -0.15) is 23.5 Å². The zero-order valence-corrected chi connectivity index (χ0v) is 29.3. The molecule has 1 heterocycles. The van der Waals surface area contributed by atoms with Crippen LogP contribution in [0.25, 0.3) is 43.8 Å². The number of benzene rings is 5. The number of hydrogen-bond acceptors (Lipinski definition) is 8. The molecule has 0 unspecified atom stereocenters. The number of phenolic OH excluding ortho intramolecular Hbond substituents is 1. The summed E-state index contributed by atoms with van der Waals surface area (Å²) in [4.78, 5) is 27.2. The first-order valence-electron chi connectivity index (χ1n) is 16.6. The standard InChI is InChI=1S/C40H40N2O5S2/c1-3-48-21-19-42(20-22-49-4-2)25-27-9-5-8-12-35(27)41-24-34-36(44)18-17-33-37(30-10-6-7-11-31(30)40(45)46)32-15-13-26-23-28(43)14-16-29(26)38(32)47-39(33)34/h5-18,23,41,44H,3-4,19-22,24-25H2,1-2H3,(H,45,46). The van der Waals surface area contributed by atoms with Crippen LogP contribution in [0, 0.1) is 0 Å². The Bertz CT molecular complexity index is 2170. The first-order chi connectivity index (χ1) is 23.9. The fraction of sp³-hybridized carbons (Fsp3) is 0.250. The number of aromatic carboxylic acids is 1. The predicted molar refractivity (Wildman–Crippen MR) is 207 cm³/mol. The topological polar surface area (TPSA) is 103 Å². The molecule has 49 heavy (non-hydrogen) atoms. The summed E-state index contributed by atoms with van der Waals surface area (Å²) in [7, 11) is 0. The molecule has 1 aromatic heterocycles. The number of carboxylic acids is 1. The smallest absolute Gasteiger partial charge is 0.336 e. The van der Waals surface area contributed by atoms with E-state index in [-0.39, 0.29) is 23.3 Å². The number of nitrogens with zero attached hydrogens (tertiary/aromatic N) is 1. The van der Waals surface area contributed by atoms with Crippen LogP contribution >= 0.6 is 23.5 Å². The number of carboxylic acid groups (broad SMARTS) is 1. The van der Waals surface area contributed by atoms with Crippen LogP contribution in [-0.4, -0.2) is 57.2 Å². The molecule has 7 nitrogen and oxygen atoms in total. The molecule has 0 fully saturated rings. The Morgan fingerprint density at radius 1 is 0.816 bits per heavy atom. The van der Waals surface area contributed by atoms with E-state index in [1.807, 2.05) is 47.8 Å². The quantitative estimate of drug-likeness (QED) is 0.0553. The second kappa shape index (κ2) is 15.8. The lowest BCUT2D eigenvalue weighted by Gasteiger charge is -2.24. The van der Waals surface area contributed by atoms with Crippen molar-refractivity contribution in [2.45, 2.75) is 26.9 Å². The SMILES string of the molecule is CCSCCN(CCSCC)Cc1ccccc1NCc1c(O)ccc2c(-c3ccccc3C(=O)O)c3ccc4cc(=O)ccc4c3oc12. The van der Waals surface area contributed by atoms with Gasteiger partial charge in [0.05, 0.1) is 11.1 Å². The van der Waals surface area contributed by atoms with Gasteiger partial charge in [-0.15, -0.1) is 0 Å². The maximum Gasteiger partial charge on any atom is 0.336 e. The monoisotopic (exact) mass is 692 g/mol. The van der Waals surface area contributed by atoms with E-state index in [4.69, 9.17) is 4.42 Å². The molecular weight excluding hydrogens is 653 g/mol. The minimum Gasteiger partial charge on any atom is -0.507 e. The highest BCUT2D eigenvalue weighted by Crippen LogP contribution is 2.43. The Morgan fingerprint density at radius 3 is 2.24 bits per heavy atom. The molecule has 3 N–H and O–H groups in total. The number of carbonyl (C=O) groups is 1. The van der Waals surface area contributed by atoms with Gasteiger partial charge < -0.3 is 19.9 Å². The van der Waals surface area contributed by atoms with Gasteiger partial charge in [0.1, 0.15) is 16.9 Å². The van der Waals surface area contributed by atoms with Gasteiger partial charge in [0.15, 0.2) is 5.43 Å². The molecule has 0 aliphatic rings. The highest BCUT2D eigenvalue weighted by molar-refractivity contribution is 7.99. The van der Waals surface area contributed by atoms with Crippen molar-refractivity contribution >= 4 is 67.9 Å². The second-order valence-electron chi connectivity index (χ2n) is 11.8. The average Bonchev–Trinajstić information content (AvgIpc) is 3.10. The van der Waals surface area contributed by atoms with Gasteiger partial charge >= 0.3 is 5.97 Å². The number of anilines is 1. The van der Waals surface area contributed by atoms with Crippen molar-refractivity contribution < 1.29 is 19.4 Å². The van der Waals surface area contributed by atoms with E-state index in [0.29, 0.717) is 44.0 Å². The van der Waals surface area contributed by atoms with Crippen molar-refractivity contribution in [3.05, 3.63) is 118 Å². The fourth-order valence-electron chi connectivity index (χ4n) is 6.31. The summed E-state index contributed by atoms with van der Waals surface area (Å²) in [6.45, 7) is 7.47. The number of para-hydroxylation sites is 1. The Hall–Kier alpha value is -4.44. The molecule has 6 rings (SSSR count). The van der Waals surface area contributed by atoms with E-state index in [1.54, 1.807) is 42.5 Å². The zero-order chi connectivity index (χ0) is 34.3. The Morgan fingerprint density at radius 2 is 1.49 bits per heavy atom. The van der Waals surface area contributed by atoms with Gasteiger partial charge in [-0.3, -0.25) is 9.69 Å². The van der Waals surface area contributed by atoms with Crippen molar-refractivity contribution in [3.63, 3.8) is 0 Å². The predicted octanol–water partition coefficient (Wildman–Crippen LogP) is 9.09. The molecule has 0 saturated carbocycles. The molecule has 0 amide bonds. The van der Waals surface area contributed by atoms with Gasteiger partial charge in [0, 0.05) is 65.1 Å². The molecule has 0 saturated heterocycles. The summed E-state index contributed by atoms with van der Waals surface area (Å²) in [5.41, 5.74) is 4.93. The van der Waals surface area contributed by atoms with Crippen LogP contribution in [0.15, 0.2) is 100 Å². The summed E-state index contributed by atoms with van der Waals surface area (Å²) in [5.74, 6) is 3.39. The Labute approximate surface area is 294 Å². The first kappa shape index (κ1) is 34.4. The van der Waals surface area contributed by atoms with Crippen LogP contribution < -0.4 is 10.7 Å². The third-order valence-corrected chi connectivity index (χ3v) is 10.5. The fourth-order valence-corrected chi connectivity index (χ4v) is 7.67. The number of fused-ring (bicyclic) bond motifs is 4. The van der Waals surface area contributed by atoms with Gasteiger partial charge in [-0.1, -0.05) is 56.3 Å². The van der Waals surface area contributed by atoms with Crippen molar-refractivity contribution in [2.24, 2.45) is 0 Å². The minimum atomic E-state index is -1.04. The van der Waals surface area contributed by atoms with Crippen LogP contribution in [-0.2, 0) is 13.1 Å². The molecule has 6 aromatic rings. The third kappa shape index (κ3) is 7.59. The van der Waals surface area contributed by atoms with Crippen molar-refractivity contribution in [3.8, 4) is 16.9 Å². The van der Waals surface area contributed by atoms with E-state index < -0.39 is 5.97 Å². The summed E-state index contributed by atoms with van der Waals surface area (Å²) in [6, 6.07) is 27.2. The first-order valence-corrected chi connectivity index (χ1v) is 18.9. The maximum atomic E-state index is 12.4. The lowest BCUT2D eigenvalue weighted by atomic mass is 9.91. The van der Waals surface area contributed by atoms with Gasteiger partial charge in [0.25, 0.3) is 0 Å². The largest absolute Gasteiger partial charge is 0.507 e. The van der Waals surface area contributed by atoms with Gasteiger partial charge in [-0.05, 0) is 76.5 Å². The van der Waals surface area contributed by atoms with Gasteiger partial charge in [0.2, 0.25) is 0 Å². The summed E-state index contributed by atoms with van der Waals surface area (Å²) >= 11 is 3.91. The van der Waals surface area contributed by atoms with E-state index in [0.717, 1.165) is 53.7 Å². The molecule has 0 radical (unpaired) electrons. The van der Waals surface area contributed by atoms with Crippen LogP contribution in [0.5, 0.6) is 5.75 Å². The number of hydrogen-bond donors (Lipinski definition) is 3. The summed E-state index contributed by atoms with van der Waals surface area (Å²) in [6.07, 6.45) is 0. The highest BCUT2D eigenvalue weighted by Gasteiger charge is 2.22. The van der Waals surface area contributed by atoms with E-state index in [9.17, 15) is 19.8 Å². The number of phenols is 1. The molecule has 0 aliphatic carbocycles. The molecule has 0 spiro atoms. The number of nitrogens with one attached hydrogen (secondary N) is 1. The third-order valence-electron chi connectivity index (χ3n) is 8.73. The lowest BCUT2D eigenvalue weighted by molar-refractivity contribution is 0.0697. The molecule has 5 aromatic carbocycles. The Balaban J connectivity index is 1.46. The molecule has 9 heteroatoms. The second-order valence-corrected chi connectivity index (χ2v) is 14.6. The molecule has 0 bridgehead atoms. The van der Waals surface area contributed by atoms with E-state index in [1.165, 1.54) is 11.6 Å². The van der Waals surface area contributed by atoms with Crippen molar-refractivity contribution in [2.75, 3.05) is 41.4 Å². The summed E-state index contributed by atoms with van der Waals surface area (Å²) < 4.78 is 6.70. The lowest BCUT2D eigenvalue weighted by Crippen LogP contribution is -2.28. The average molecular weight is 693 g/mol. The van der Waals surface area contributed by atoms with E-state index in [2.05, 4.69) is 42.3 Å². The van der Waals surface area contributed by atoms with Gasteiger partial charge in [-0.25, -0.2) is 4.79 Å². The number of aromatic hydroxyl groups is 1. The zero-order valence-electron chi connectivity index (χ0n) is 27.7. The van der Waals surface area contributed by atoms with Crippen molar-refractivity contribution in [1.82, 2.24) is 4.90 Å².